The largest absolute Gasteiger partial charge is 0.309 e. The predicted molar refractivity (Wildman–Crippen MR) is 302 cm³/mol. The van der Waals surface area contributed by atoms with Gasteiger partial charge in [0.15, 0.2) is 16.1 Å². The van der Waals surface area contributed by atoms with Crippen LogP contribution in [0.3, 0.4) is 0 Å². The molecule has 0 atom stereocenters. The molecule has 0 spiro atoms. The molecule has 0 aliphatic heterocycles. The topological polar surface area (TPSA) is 9.86 Å². The fourth-order valence-corrected chi connectivity index (χ4v) is 18.2. The minimum absolute atomic E-state index is 0.0401. The quantitative estimate of drug-likeness (QED) is 0.0955. The van der Waals surface area contributed by atoms with E-state index in [0.717, 1.165) is 0 Å². The predicted octanol–water partition coefficient (Wildman–Crippen LogP) is 10.6. The van der Waals surface area contributed by atoms with E-state index in [9.17, 15) is 23.3 Å². The van der Waals surface area contributed by atoms with Gasteiger partial charge in [-0.15, -0.1) is 0 Å². The Kier molecular flexibility index (Phi) is 5.16. The molecule has 0 aliphatic rings. The van der Waals surface area contributed by atoms with Crippen molar-refractivity contribution in [1.82, 2.24) is 9.13 Å². The third-order valence-corrected chi connectivity index (χ3v) is 21.5. The molecule has 70 heavy (non-hydrogen) atoms. The van der Waals surface area contributed by atoms with Gasteiger partial charge in [-0.2, -0.15) is 0 Å². The summed E-state index contributed by atoms with van der Waals surface area (Å²) in [5.41, 5.74) is -1.78. The van der Waals surface area contributed by atoms with E-state index in [2.05, 4.69) is 0 Å². The van der Waals surface area contributed by atoms with Gasteiger partial charge in [0.05, 0.1) is 63.2 Å². The summed E-state index contributed by atoms with van der Waals surface area (Å²) in [6.07, 6.45) is 0. The van der Waals surface area contributed by atoms with Crippen LogP contribution in [0.25, 0.3) is 55.0 Å². The Morgan fingerprint density at radius 2 is 0.657 bits per heavy atom. The van der Waals surface area contributed by atoms with E-state index < -0.39 is 235 Å². The lowest BCUT2D eigenvalue weighted by atomic mass is 10.1. The van der Waals surface area contributed by atoms with Crippen LogP contribution in [0.2, 0.25) is 0 Å². The van der Waals surface area contributed by atoms with Crippen LogP contribution in [0.4, 0.5) is 0 Å². The molecule has 0 aliphatic carbocycles. The lowest BCUT2D eigenvalue weighted by molar-refractivity contribution is 1.18. The van der Waals surface area contributed by atoms with Crippen molar-refractivity contribution in [1.29, 1.82) is 0 Å². The Morgan fingerprint density at radius 1 is 0.271 bits per heavy atom. The number of para-hydroxylation sites is 2. The minimum atomic E-state index is -5.12. The molecule has 0 radical (unpaired) electrons. The molecule has 2 nitrogen and oxygen atoms in total. The highest BCUT2D eigenvalue weighted by molar-refractivity contribution is 7.20. The van der Waals surface area contributed by atoms with E-state index >= 15 is 0 Å². The fraction of sp³-hybridized carbons (Fsp3) is 0. The fourth-order valence-electron chi connectivity index (χ4n) is 9.96. The van der Waals surface area contributed by atoms with Gasteiger partial charge in [-0.1, -0.05) is 248 Å². The van der Waals surface area contributed by atoms with Crippen LogP contribution in [-0.4, -0.2) is 25.3 Å². The average Bonchev–Trinajstić information content (AvgIpc) is 1.38. The number of hydrogen-bond acceptors (Lipinski definition) is 0. The van der Waals surface area contributed by atoms with Crippen LogP contribution >= 0.6 is 0 Å². The molecule has 0 unspecified atom stereocenters. The van der Waals surface area contributed by atoms with Crippen LogP contribution in [0.1, 0.15) is 41.1 Å². The maximum atomic E-state index is 10.3. The van der Waals surface area contributed by atoms with Gasteiger partial charge in [-0.3, -0.25) is 0 Å². The van der Waals surface area contributed by atoms with Gasteiger partial charge in [0.25, 0.3) is 0 Å². The number of hydrogen-bond donors (Lipinski definition) is 0. The van der Waals surface area contributed by atoms with Gasteiger partial charge in [0.2, 0.25) is 0 Å². The first-order valence-electron chi connectivity index (χ1n) is 36.8. The van der Waals surface area contributed by atoms with E-state index in [4.69, 9.17) is 17.8 Å². The van der Waals surface area contributed by atoms with E-state index in [0.29, 0.717) is 0 Å². The molecule has 2 heterocycles. The van der Waals surface area contributed by atoms with Crippen molar-refractivity contribution in [3.63, 3.8) is 0 Å². The van der Waals surface area contributed by atoms with Crippen LogP contribution in [0, 0.1) is 0 Å². The van der Waals surface area contributed by atoms with Crippen LogP contribution < -0.4 is 41.5 Å². The molecule has 11 aromatic carbocycles. The SMILES string of the molecule is [2H]c1c([2H])c([2H])c([Si](c2ccccc2)(c2cccc(-n3c4c([2H])c([2H])c([2H])c([2H])c4c4c3c([2H])c([2H])c3c5c([2H])c([2H])c([2H])c([2H])c5n(-c5cccc([Si](c6ccccc6)(c6c([2H])c([2H])c([2H])c([2H])c6[2H])c6c([2H])c([2H])c([2H])c([2H])c6[2H])c5)c34)c2)c2c([2H])c([2H])c([2H])c([2H])c2[2H])c([2H])c1[2H]. The van der Waals surface area contributed by atoms with Crippen LogP contribution in [0.15, 0.2) is 290 Å². The molecule has 0 N–H and O–H groups in total. The molecule has 2 aromatic heterocycles. The summed E-state index contributed by atoms with van der Waals surface area (Å²) < 4.78 is 284. The summed E-state index contributed by atoms with van der Waals surface area (Å²) in [7, 11) is -10.2. The summed E-state index contributed by atoms with van der Waals surface area (Å²) >= 11 is 0. The first-order chi connectivity index (χ1) is 47.2. The highest BCUT2D eigenvalue weighted by Crippen LogP contribution is 2.42. The highest BCUT2D eigenvalue weighted by Gasteiger charge is 2.43. The third kappa shape index (κ3) is 6.38. The van der Waals surface area contributed by atoms with E-state index in [1.807, 2.05) is 0 Å². The number of nitrogens with zero attached hydrogens (tertiary/aromatic N) is 2. The number of benzene rings is 11. The summed E-state index contributed by atoms with van der Waals surface area (Å²) in [5.74, 6) is 0. The lowest BCUT2D eigenvalue weighted by Crippen LogP contribution is -2.74. The molecule has 13 aromatic rings. The molecule has 0 amide bonds. The third-order valence-electron chi connectivity index (χ3n) is 12.7. The normalized spacial score (nSPS) is 18.0. The standard InChI is InChI=1S/C66H48N2Si2/c1-7-27-51(28-8-1)69(52-29-9-2-10-30-52,53-31-11-3-12-32-53)57-39-23-25-49(47-57)67-63-44-22-20-42-61(63)65-64(67)46-45-60-59-41-19-21-43-62(59)68(66(60)65)50-26-24-40-58(48-50)70(54-33-13-4-14-34-54,55-35-15-5-16-36-55)56-37-17-6-18-38-56/h1-48H/i1D,2D,4D,5D,7D,8D,9D,10D,13D,14D,15D,16D,19D,20D,21D,22D,27D,28D,29D,30D,33D,34D,35D,36D,41D,42D,43D,44D,45D,46D. The Bertz CT molecular complexity index is 5560. The van der Waals surface area contributed by atoms with Crippen molar-refractivity contribution in [3.05, 3.63) is 290 Å². The number of fused-ring (bicyclic) bond motifs is 7. The van der Waals surface area contributed by atoms with E-state index in [1.54, 1.807) is 36.4 Å². The van der Waals surface area contributed by atoms with Crippen LogP contribution in [-0.2, 0) is 0 Å². The highest BCUT2D eigenvalue weighted by atomic mass is 28.3. The maximum Gasteiger partial charge on any atom is 0.179 e. The zero-order valence-corrected chi connectivity index (χ0v) is 38.3. The van der Waals surface area contributed by atoms with Gasteiger partial charge in [0.1, 0.15) is 0 Å². The minimum Gasteiger partial charge on any atom is -0.309 e. The first kappa shape index (κ1) is 21.0. The zero-order chi connectivity index (χ0) is 72.6. The van der Waals surface area contributed by atoms with Crippen molar-refractivity contribution in [2.45, 2.75) is 0 Å². The zero-order valence-electron chi connectivity index (χ0n) is 66.3. The average molecular weight is 955 g/mol. The lowest BCUT2D eigenvalue weighted by Gasteiger charge is -2.34. The summed E-state index contributed by atoms with van der Waals surface area (Å²) in [4.78, 5) is 0. The molecule has 330 valence electrons. The smallest absolute Gasteiger partial charge is 0.179 e. The van der Waals surface area contributed by atoms with Gasteiger partial charge >= 0.3 is 0 Å². The monoisotopic (exact) mass is 955 g/mol. The summed E-state index contributed by atoms with van der Waals surface area (Å²) in [5, 5.41) is -3.08. The second-order valence-corrected chi connectivity index (χ2v) is 23.5. The summed E-state index contributed by atoms with van der Waals surface area (Å²) in [6, 6.07) is 2.59. The molecule has 4 heteroatoms. The maximum absolute atomic E-state index is 10.3. The summed E-state index contributed by atoms with van der Waals surface area (Å²) in [6.45, 7) is 0. The Hall–Kier alpha value is -8.55. The molecular formula is C66H48N2Si2. The Morgan fingerprint density at radius 3 is 1.13 bits per heavy atom. The van der Waals surface area contributed by atoms with Gasteiger partial charge in [-0.25, -0.2) is 0 Å². The second-order valence-electron chi connectivity index (χ2n) is 16.1. The van der Waals surface area contributed by atoms with Crippen molar-refractivity contribution in [2.75, 3.05) is 0 Å². The Balaban J connectivity index is 1.27. The van der Waals surface area contributed by atoms with Gasteiger partial charge < -0.3 is 9.13 Å². The van der Waals surface area contributed by atoms with Crippen molar-refractivity contribution >= 4 is 101 Å². The second kappa shape index (κ2) is 17.2. The molecule has 0 bridgehead atoms. The first-order valence-corrected chi connectivity index (χ1v) is 25.8. The van der Waals surface area contributed by atoms with Crippen LogP contribution in [0.5, 0.6) is 0 Å². The molecule has 0 fully saturated rings. The van der Waals surface area contributed by atoms with Crippen molar-refractivity contribution < 1.29 is 41.1 Å². The van der Waals surface area contributed by atoms with Gasteiger partial charge in [0, 0.05) is 32.9 Å². The molecule has 13 rings (SSSR count). The molecule has 0 saturated carbocycles. The van der Waals surface area contributed by atoms with E-state index in [1.165, 1.54) is 81.9 Å². The van der Waals surface area contributed by atoms with E-state index in [-0.39, 0.29) is 59.2 Å². The molecule has 0 saturated heterocycles. The van der Waals surface area contributed by atoms with Gasteiger partial charge in [-0.05, 0) is 83.9 Å². The van der Waals surface area contributed by atoms with Crippen molar-refractivity contribution in [2.24, 2.45) is 0 Å². The molecular weight excluding hydrogens is 877 g/mol. The Labute approximate surface area is 452 Å². The number of aromatic nitrogens is 2. The number of rotatable bonds is 10. The van der Waals surface area contributed by atoms with Crippen molar-refractivity contribution in [3.8, 4) is 11.4 Å².